The number of hydrazine groups is 1. The molecule has 0 atom stereocenters. The highest BCUT2D eigenvalue weighted by molar-refractivity contribution is 5.42. The normalized spacial score (nSPS) is 10.3. The lowest BCUT2D eigenvalue weighted by molar-refractivity contribution is 0.141. The molecule has 8 nitrogen and oxygen atoms in total. The highest BCUT2D eigenvalue weighted by atomic mass is 16.5. The highest BCUT2D eigenvalue weighted by Crippen LogP contribution is 2.10. The number of hydrogen-bond donors (Lipinski definition) is 3. The van der Waals surface area contributed by atoms with Gasteiger partial charge in [0.05, 0.1) is 6.61 Å². The molecular formula is C11H23N7O. The molecule has 0 saturated heterocycles. The van der Waals surface area contributed by atoms with E-state index in [4.69, 9.17) is 10.6 Å². The molecule has 0 aromatic carbocycles. The van der Waals surface area contributed by atoms with E-state index in [0.29, 0.717) is 31.0 Å². The van der Waals surface area contributed by atoms with Crippen LogP contribution in [0.3, 0.4) is 0 Å². The predicted molar refractivity (Wildman–Crippen MR) is 76.2 cm³/mol. The van der Waals surface area contributed by atoms with E-state index < -0.39 is 0 Å². The molecule has 4 N–H and O–H groups in total. The molecule has 1 heterocycles. The van der Waals surface area contributed by atoms with Crippen LogP contribution in [0.2, 0.25) is 0 Å². The van der Waals surface area contributed by atoms with E-state index in [1.807, 2.05) is 14.1 Å². The third kappa shape index (κ3) is 5.66. The number of nitrogen functional groups attached to an aromatic ring is 1. The summed E-state index contributed by atoms with van der Waals surface area (Å²) in [7, 11) is 3.71. The van der Waals surface area contributed by atoms with Crippen LogP contribution in [0.15, 0.2) is 0 Å². The molecule has 108 valence electrons. The smallest absolute Gasteiger partial charge is 0.243 e. The van der Waals surface area contributed by atoms with Crippen molar-refractivity contribution in [2.24, 2.45) is 5.84 Å². The number of nitrogens with zero attached hydrogens (tertiary/aromatic N) is 4. The summed E-state index contributed by atoms with van der Waals surface area (Å²) < 4.78 is 5.45. The largest absolute Gasteiger partial charge is 0.380 e. The summed E-state index contributed by atoms with van der Waals surface area (Å²) in [6, 6.07) is 0. The third-order valence-electron chi connectivity index (χ3n) is 2.32. The van der Waals surface area contributed by atoms with Gasteiger partial charge in [0.15, 0.2) is 0 Å². The molecule has 1 aromatic rings. The zero-order chi connectivity index (χ0) is 14.1. The van der Waals surface area contributed by atoms with Gasteiger partial charge in [-0.05, 0) is 6.42 Å². The Kier molecular flexibility index (Phi) is 6.83. The van der Waals surface area contributed by atoms with E-state index in [2.05, 4.69) is 32.6 Å². The SMILES string of the molecule is CCCCOCCNc1nc(NN)nc(N(C)C)n1. The van der Waals surface area contributed by atoms with Gasteiger partial charge in [0.2, 0.25) is 17.8 Å². The first kappa shape index (κ1) is 15.4. The fourth-order valence-corrected chi connectivity index (χ4v) is 1.29. The summed E-state index contributed by atoms with van der Waals surface area (Å²) in [6.45, 7) is 4.18. The van der Waals surface area contributed by atoms with Crippen LogP contribution in [0.5, 0.6) is 0 Å². The van der Waals surface area contributed by atoms with Crippen molar-refractivity contribution in [2.45, 2.75) is 19.8 Å². The summed E-state index contributed by atoms with van der Waals surface area (Å²) in [6.07, 6.45) is 2.22. The summed E-state index contributed by atoms with van der Waals surface area (Å²) in [5, 5.41) is 3.08. The van der Waals surface area contributed by atoms with Crippen molar-refractivity contribution >= 4 is 17.8 Å². The molecule has 0 amide bonds. The minimum atomic E-state index is 0.327. The Morgan fingerprint density at radius 2 is 1.89 bits per heavy atom. The number of nitrogens with two attached hydrogens (primary N) is 1. The molecule has 19 heavy (non-hydrogen) atoms. The molecular weight excluding hydrogens is 246 g/mol. The number of hydrogen-bond acceptors (Lipinski definition) is 8. The predicted octanol–water partition coefficient (Wildman–Crippen LogP) is 0.452. The molecule has 0 radical (unpaired) electrons. The lowest BCUT2D eigenvalue weighted by Crippen LogP contribution is -2.20. The van der Waals surface area contributed by atoms with E-state index in [1.165, 1.54) is 0 Å². The highest BCUT2D eigenvalue weighted by Gasteiger charge is 2.06. The molecule has 0 aliphatic heterocycles. The van der Waals surface area contributed by atoms with Crippen molar-refractivity contribution in [1.82, 2.24) is 15.0 Å². The fourth-order valence-electron chi connectivity index (χ4n) is 1.29. The zero-order valence-corrected chi connectivity index (χ0v) is 11.8. The molecule has 0 aliphatic rings. The molecule has 1 rings (SSSR count). The maximum Gasteiger partial charge on any atom is 0.243 e. The van der Waals surface area contributed by atoms with Gasteiger partial charge < -0.3 is 15.0 Å². The van der Waals surface area contributed by atoms with Crippen molar-refractivity contribution in [3.63, 3.8) is 0 Å². The van der Waals surface area contributed by atoms with E-state index in [1.54, 1.807) is 4.90 Å². The maximum atomic E-state index is 5.45. The Bertz CT molecular complexity index is 372. The second-order valence-electron chi connectivity index (χ2n) is 4.21. The first-order valence-corrected chi connectivity index (χ1v) is 6.39. The summed E-state index contributed by atoms with van der Waals surface area (Å²) in [4.78, 5) is 14.3. The molecule has 8 heteroatoms. The Hall–Kier alpha value is -1.67. The lowest BCUT2D eigenvalue weighted by Gasteiger charge is -2.13. The monoisotopic (exact) mass is 269 g/mol. The molecule has 0 saturated carbocycles. The van der Waals surface area contributed by atoms with Gasteiger partial charge in [-0.25, -0.2) is 5.84 Å². The zero-order valence-electron chi connectivity index (χ0n) is 11.8. The standard InChI is InChI=1S/C11H23N7O/c1-4-5-7-19-8-6-13-9-14-10(17-12)16-11(15-9)18(2)3/h4-8,12H2,1-3H3,(H2,13,14,15,16,17). The van der Waals surface area contributed by atoms with Crippen LogP contribution in [-0.2, 0) is 4.74 Å². The Morgan fingerprint density at radius 3 is 2.53 bits per heavy atom. The van der Waals surface area contributed by atoms with Crippen LogP contribution in [-0.4, -0.2) is 48.8 Å². The van der Waals surface area contributed by atoms with Gasteiger partial charge in [0.1, 0.15) is 0 Å². The van der Waals surface area contributed by atoms with Crippen LogP contribution in [0.4, 0.5) is 17.8 Å². The van der Waals surface area contributed by atoms with Gasteiger partial charge in [-0.1, -0.05) is 13.3 Å². The Labute approximate surface area is 113 Å². The summed E-state index contributed by atoms with van der Waals surface area (Å²) in [5.41, 5.74) is 2.42. The minimum absolute atomic E-state index is 0.327. The first-order chi connectivity index (χ1) is 9.17. The minimum Gasteiger partial charge on any atom is -0.380 e. The second-order valence-corrected chi connectivity index (χ2v) is 4.21. The van der Waals surface area contributed by atoms with Crippen molar-refractivity contribution in [2.75, 3.05) is 49.5 Å². The first-order valence-electron chi connectivity index (χ1n) is 6.39. The molecule has 0 aliphatic carbocycles. The van der Waals surface area contributed by atoms with Crippen molar-refractivity contribution < 1.29 is 4.74 Å². The van der Waals surface area contributed by atoms with E-state index in [9.17, 15) is 0 Å². The molecule has 0 fully saturated rings. The van der Waals surface area contributed by atoms with Gasteiger partial charge in [-0.3, -0.25) is 5.43 Å². The lowest BCUT2D eigenvalue weighted by atomic mass is 10.4. The number of aromatic nitrogens is 3. The molecule has 1 aromatic heterocycles. The number of rotatable bonds is 9. The number of unbranched alkanes of at least 4 members (excludes halogenated alkanes) is 1. The van der Waals surface area contributed by atoms with E-state index >= 15 is 0 Å². The van der Waals surface area contributed by atoms with Gasteiger partial charge in [-0.15, -0.1) is 0 Å². The number of nitrogens with one attached hydrogen (secondary N) is 2. The summed E-state index contributed by atoms with van der Waals surface area (Å²) >= 11 is 0. The van der Waals surface area contributed by atoms with E-state index in [-0.39, 0.29) is 0 Å². The van der Waals surface area contributed by atoms with Crippen LogP contribution >= 0.6 is 0 Å². The van der Waals surface area contributed by atoms with Crippen molar-refractivity contribution in [3.8, 4) is 0 Å². The van der Waals surface area contributed by atoms with Crippen LogP contribution in [0.1, 0.15) is 19.8 Å². The average Bonchev–Trinajstić information content (AvgIpc) is 2.42. The quantitative estimate of drug-likeness (QED) is 0.337. The molecule has 0 bridgehead atoms. The summed E-state index contributed by atoms with van der Waals surface area (Å²) in [5.74, 6) is 6.67. The number of anilines is 3. The third-order valence-corrected chi connectivity index (χ3v) is 2.32. The van der Waals surface area contributed by atoms with Gasteiger partial charge in [0, 0.05) is 27.2 Å². The average molecular weight is 269 g/mol. The molecule has 0 unspecified atom stereocenters. The van der Waals surface area contributed by atoms with Gasteiger partial charge in [0.25, 0.3) is 0 Å². The topological polar surface area (TPSA) is 101 Å². The second kappa shape index (κ2) is 8.44. The Balaban J connectivity index is 2.46. The van der Waals surface area contributed by atoms with Crippen molar-refractivity contribution in [3.05, 3.63) is 0 Å². The van der Waals surface area contributed by atoms with Crippen molar-refractivity contribution in [1.29, 1.82) is 0 Å². The number of ether oxygens (including phenoxy) is 1. The van der Waals surface area contributed by atoms with Gasteiger partial charge >= 0.3 is 0 Å². The van der Waals surface area contributed by atoms with Crippen LogP contribution in [0.25, 0.3) is 0 Å². The van der Waals surface area contributed by atoms with Crippen LogP contribution < -0.4 is 21.5 Å². The van der Waals surface area contributed by atoms with E-state index in [0.717, 1.165) is 19.4 Å². The van der Waals surface area contributed by atoms with Crippen LogP contribution in [0, 0.1) is 0 Å². The maximum absolute atomic E-state index is 5.45. The van der Waals surface area contributed by atoms with Gasteiger partial charge in [-0.2, -0.15) is 15.0 Å². The molecule has 0 spiro atoms. The fraction of sp³-hybridized carbons (Fsp3) is 0.727. The Morgan fingerprint density at radius 1 is 1.16 bits per heavy atom.